The second-order valence-corrected chi connectivity index (χ2v) is 8.85. The van der Waals surface area contributed by atoms with Crippen LogP contribution in [0.1, 0.15) is 24.2 Å². The highest BCUT2D eigenvalue weighted by molar-refractivity contribution is 6.28. The number of halogens is 2. The maximum absolute atomic E-state index is 15.3. The maximum Gasteiger partial charge on any atom is 0.223 e. The van der Waals surface area contributed by atoms with Crippen molar-refractivity contribution in [2.75, 3.05) is 38.3 Å². The molecule has 36 heavy (non-hydrogen) atoms. The number of methoxy groups -OCH3 is 1. The summed E-state index contributed by atoms with van der Waals surface area (Å²) in [5, 5.41) is 11.7. The Morgan fingerprint density at radius 2 is 2.00 bits per heavy atom. The Kier molecular flexibility index (Phi) is 7.98. The molecular weight excluding hydrogens is 483 g/mol. The minimum absolute atomic E-state index is 0.0175. The van der Waals surface area contributed by atoms with Crippen molar-refractivity contribution in [1.82, 2.24) is 9.97 Å². The zero-order valence-electron chi connectivity index (χ0n) is 20.5. The third kappa shape index (κ3) is 5.41. The summed E-state index contributed by atoms with van der Waals surface area (Å²) in [6, 6.07) is 8.79. The van der Waals surface area contributed by atoms with Crippen LogP contribution in [-0.2, 0) is 9.47 Å². The van der Waals surface area contributed by atoms with Crippen molar-refractivity contribution in [2.45, 2.75) is 20.0 Å². The average Bonchev–Trinajstić information content (AvgIpc) is 2.88. The fourth-order valence-corrected chi connectivity index (χ4v) is 4.38. The van der Waals surface area contributed by atoms with E-state index in [0.717, 1.165) is 18.8 Å². The van der Waals surface area contributed by atoms with Crippen LogP contribution in [-0.4, -0.2) is 55.2 Å². The molecule has 4 rings (SSSR count). The SMILES string of the molecule is C=N/C(=C\C=C(/C)C(O)c1cc(-c2nc(Cl)nc3cc(N4CCOCC4)ccc23)c(F)cc1C)OC. The molecule has 0 amide bonds. The van der Waals surface area contributed by atoms with Gasteiger partial charge in [0, 0.05) is 35.8 Å². The molecule has 1 fully saturated rings. The van der Waals surface area contributed by atoms with Crippen LogP contribution in [0.25, 0.3) is 22.2 Å². The summed E-state index contributed by atoms with van der Waals surface area (Å²) in [4.78, 5) is 14.7. The summed E-state index contributed by atoms with van der Waals surface area (Å²) in [6.07, 6.45) is 2.31. The van der Waals surface area contributed by atoms with Gasteiger partial charge in [0.05, 0.1) is 31.5 Å². The molecule has 0 radical (unpaired) electrons. The minimum atomic E-state index is -0.986. The smallest absolute Gasteiger partial charge is 0.223 e. The number of allylic oxidation sites excluding steroid dienone is 2. The van der Waals surface area contributed by atoms with Crippen LogP contribution >= 0.6 is 11.6 Å². The predicted molar refractivity (Wildman–Crippen MR) is 141 cm³/mol. The quantitative estimate of drug-likeness (QED) is 0.198. The number of aliphatic hydroxyl groups excluding tert-OH is 1. The summed E-state index contributed by atoms with van der Waals surface area (Å²) in [6.45, 7) is 9.84. The molecule has 188 valence electrons. The van der Waals surface area contributed by atoms with Gasteiger partial charge in [0.1, 0.15) is 11.9 Å². The van der Waals surface area contributed by atoms with Crippen molar-refractivity contribution in [2.24, 2.45) is 4.99 Å². The molecule has 2 aromatic carbocycles. The highest BCUT2D eigenvalue weighted by atomic mass is 35.5. The van der Waals surface area contributed by atoms with Crippen molar-refractivity contribution < 1.29 is 19.0 Å². The number of hydrogen-bond donors (Lipinski definition) is 1. The molecule has 1 N–H and O–H groups in total. The lowest BCUT2D eigenvalue weighted by Gasteiger charge is -2.29. The normalized spacial score (nSPS) is 15.8. The third-order valence-corrected chi connectivity index (χ3v) is 6.39. The lowest BCUT2D eigenvalue weighted by Crippen LogP contribution is -2.36. The van der Waals surface area contributed by atoms with Gasteiger partial charge in [-0.1, -0.05) is 6.08 Å². The number of aliphatic hydroxyl groups is 1. The van der Waals surface area contributed by atoms with E-state index in [-0.39, 0.29) is 10.8 Å². The van der Waals surface area contributed by atoms with E-state index < -0.39 is 11.9 Å². The molecule has 0 bridgehead atoms. The van der Waals surface area contributed by atoms with Gasteiger partial charge in [0.15, 0.2) is 0 Å². The zero-order chi connectivity index (χ0) is 25.8. The van der Waals surface area contributed by atoms with Gasteiger partial charge in [0.2, 0.25) is 11.2 Å². The van der Waals surface area contributed by atoms with Crippen LogP contribution in [0.2, 0.25) is 5.28 Å². The Morgan fingerprint density at radius 3 is 2.69 bits per heavy atom. The van der Waals surface area contributed by atoms with Gasteiger partial charge < -0.3 is 19.5 Å². The van der Waals surface area contributed by atoms with Gasteiger partial charge >= 0.3 is 0 Å². The number of benzene rings is 2. The molecule has 2 heterocycles. The van der Waals surface area contributed by atoms with E-state index in [1.54, 1.807) is 32.1 Å². The van der Waals surface area contributed by atoms with Crippen LogP contribution in [0.5, 0.6) is 0 Å². The highest BCUT2D eigenvalue weighted by Gasteiger charge is 2.20. The molecule has 3 aromatic rings. The van der Waals surface area contributed by atoms with Gasteiger partial charge in [-0.3, -0.25) is 0 Å². The fourth-order valence-electron chi connectivity index (χ4n) is 4.20. The molecule has 1 aliphatic rings. The van der Waals surface area contributed by atoms with Crippen molar-refractivity contribution in [3.8, 4) is 11.3 Å². The molecule has 1 aromatic heterocycles. The zero-order valence-corrected chi connectivity index (χ0v) is 21.2. The van der Waals surface area contributed by atoms with Crippen LogP contribution in [0.3, 0.4) is 0 Å². The Balaban J connectivity index is 1.78. The topological polar surface area (TPSA) is 80.1 Å². The number of nitrogens with zero attached hydrogens (tertiary/aromatic N) is 4. The number of hydrogen-bond acceptors (Lipinski definition) is 7. The first kappa shape index (κ1) is 25.8. The predicted octanol–water partition coefficient (Wildman–Crippen LogP) is 5.40. The van der Waals surface area contributed by atoms with Crippen molar-refractivity contribution in [3.63, 3.8) is 0 Å². The number of aryl methyl sites for hydroxylation is 1. The van der Waals surface area contributed by atoms with Crippen molar-refractivity contribution >= 4 is 34.9 Å². The van der Waals surface area contributed by atoms with E-state index in [0.29, 0.717) is 52.4 Å². The summed E-state index contributed by atoms with van der Waals surface area (Å²) in [7, 11) is 1.48. The minimum Gasteiger partial charge on any atom is -0.481 e. The number of ether oxygens (including phenoxy) is 2. The van der Waals surface area contributed by atoms with Gasteiger partial charge in [-0.05, 0) is 79.2 Å². The molecule has 0 aliphatic carbocycles. The molecule has 1 unspecified atom stereocenters. The first-order valence-electron chi connectivity index (χ1n) is 11.5. The second kappa shape index (κ2) is 11.2. The Hall–Kier alpha value is -3.33. The standard InChI is InChI=1S/C27H28ClFN4O3/c1-16(5-8-24(30-3)35-4)26(34)20-15-21(22(29)13-17(20)2)25-19-7-6-18(33-9-11-36-12-10-33)14-23(19)31-27(28)32-25/h5-8,13-15,26,34H,3,9-12H2,1-2,4H3/b16-5+,24-8+. The van der Waals surface area contributed by atoms with Gasteiger partial charge in [-0.25, -0.2) is 19.4 Å². The first-order chi connectivity index (χ1) is 17.3. The van der Waals surface area contributed by atoms with E-state index in [1.165, 1.54) is 13.2 Å². The van der Waals surface area contributed by atoms with E-state index in [9.17, 15) is 5.11 Å². The second-order valence-electron chi connectivity index (χ2n) is 8.51. The van der Waals surface area contributed by atoms with E-state index >= 15 is 4.39 Å². The van der Waals surface area contributed by atoms with E-state index in [2.05, 4.69) is 26.6 Å². The van der Waals surface area contributed by atoms with Crippen LogP contribution in [0, 0.1) is 12.7 Å². The van der Waals surface area contributed by atoms with Crippen molar-refractivity contribution in [3.05, 3.63) is 76.2 Å². The average molecular weight is 511 g/mol. The molecule has 0 spiro atoms. The number of morpholine rings is 1. The summed E-state index contributed by atoms with van der Waals surface area (Å²) in [5.74, 6) is -0.146. The molecule has 9 heteroatoms. The number of aromatic nitrogens is 2. The lowest BCUT2D eigenvalue weighted by molar-refractivity contribution is 0.122. The Morgan fingerprint density at radius 1 is 1.25 bits per heavy atom. The lowest BCUT2D eigenvalue weighted by atomic mass is 9.93. The van der Waals surface area contributed by atoms with Crippen LogP contribution in [0.4, 0.5) is 10.1 Å². The molecule has 1 atom stereocenters. The Labute approximate surface area is 214 Å². The van der Waals surface area contributed by atoms with E-state index in [1.807, 2.05) is 18.2 Å². The summed E-state index contributed by atoms with van der Waals surface area (Å²) >= 11 is 6.28. The molecule has 1 aliphatic heterocycles. The van der Waals surface area contributed by atoms with Crippen LogP contribution < -0.4 is 4.90 Å². The monoisotopic (exact) mass is 510 g/mol. The van der Waals surface area contributed by atoms with E-state index in [4.69, 9.17) is 21.1 Å². The van der Waals surface area contributed by atoms with Crippen molar-refractivity contribution in [1.29, 1.82) is 0 Å². The summed E-state index contributed by atoms with van der Waals surface area (Å²) in [5.41, 5.74) is 3.97. The van der Waals surface area contributed by atoms with Gasteiger partial charge in [0.25, 0.3) is 0 Å². The molecule has 1 saturated heterocycles. The molecular formula is C27H28ClFN4O3. The number of rotatable bonds is 7. The number of anilines is 1. The third-order valence-electron chi connectivity index (χ3n) is 6.22. The number of fused-ring (bicyclic) bond motifs is 1. The largest absolute Gasteiger partial charge is 0.481 e. The number of aliphatic imine (C=N–C) groups is 1. The van der Waals surface area contributed by atoms with Gasteiger partial charge in [-0.2, -0.15) is 0 Å². The molecule has 0 saturated carbocycles. The maximum atomic E-state index is 15.3. The fraction of sp³-hybridized carbons (Fsp3) is 0.296. The summed E-state index contributed by atoms with van der Waals surface area (Å²) < 4.78 is 25.8. The first-order valence-corrected chi connectivity index (χ1v) is 11.9. The highest BCUT2D eigenvalue weighted by Crippen LogP contribution is 2.35. The Bertz CT molecular complexity index is 1350. The molecule has 7 nitrogen and oxygen atoms in total. The van der Waals surface area contributed by atoms with Crippen LogP contribution in [0.15, 0.2) is 58.9 Å². The van der Waals surface area contributed by atoms with Gasteiger partial charge in [-0.15, -0.1) is 0 Å².